The van der Waals surface area contributed by atoms with E-state index in [1.807, 2.05) is 22.9 Å². The third kappa shape index (κ3) is 6.01. The molecule has 1 fully saturated rings. The highest BCUT2D eigenvalue weighted by atomic mass is 32.2. The molecule has 12 heteroatoms. The van der Waals surface area contributed by atoms with E-state index in [1.54, 1.807) is 18.3 Å². The summed E-state index contributed by atoms with van der Waals surface area (Å²) < 4.78 is 70.5. The first-order valence-corrected chi connectivity index (χ1v) is 15.5. The van der Waals surface area contributed by atoms with Crippen molar-refractivity contribution in [2.75, 3.05) is 7.11 Å². The molecule has 2 aliphatic carbocycles. The van der Waals surface area contributed by atoms with Crippen molar-refractivity contribution in [3.8, 4) is 0 Å². The zero-order chi connectivity index (χ0) is 30.8. The highest BCUT2D eigenvalue weighted by Gasteiger charge is 2.56. The molecule has 0 bridgehead atoms. The molecule has 0 aliphatic heterocycles. The zero-order valence-corrected chi connectivity index (χ0v) is 24.5. The predicted octanol–water partition coefficient (Wildman–Crippen LogP) is 5.49. The van der Waals surface area contributed by atoms with Gasteiger partial charge in [0, 0.05) is 28.7 Å². The minimum atomic E-state index is -4.55. The van der Waals surface area contributed by atoms with Crippen molar-refractivity contribution in [2.24, 2.45) is 11.3 Å². The fraction of sp³-hybridized carbons (Fsp3) is 0.355. The molecule has 0 radical (unpaired) electrons. The van der Waals surface area contributed by atoms with E-state index in [2.05, 4.69) is 10.3 Å². The van der Waals surface area contributed by atoms with Crippen molar-refractivity contribution in [2.45, 2.75) is 56.5 Å². The highest BCUT2D eigenvalue weighted by Crippen LogP contribution is 2.47. The first kappa shape index (κ1) is 30.3. The quantitative estimate of drug-likeness (QED) is 0.293. The molecule has 1 aromatic heterocycles. The number of aromatic amines is 1. The van der Waals surface area contributed by atoms with Crippen LogP contribution in [0, 0.1) is 18.3 Å². The molecule has 0 saturated heterocycles. The van der Waals surface area contributed by atoms with Gasteiger partial charge in [0.2, 0.25) is 5.91 Å². The van der Waals surface area contributed by atoms with Crippen molar-refractivity contribution in [3.05, 3.63) is 89.5 Å². The number of amides is 2. The number of hydrogen-bond donors (Lipinski definition) is 3. The molecule has 3 aromatic rings. The number of ether oxygens (including phenoxy) is 2. The Morgan fingerprint density at radius 1 is 1.09 bits per heavy atom. The minimum absolute atomic E-state index is 0.0345. The van der Waals surface area contributed by atoms with Gasteiger partial charge in [0.25, 0.3) is 16.4 Å². The zero-order valence-electron chi connectivity index (χ0n) is 23.7. The number of alkyl carbamates (subject to hydrolysis) is 1. The van der Waals surface area contributed by atoms with Gasteiger partial charge in [0.05, 0.1) is 12.0 Å². The van der Waals surface area contributed by atoms with Crippen LogP contribution in [0.5, 0.6) is 0 Å². The average Bonchev–Trinajstić information content (AvgIpc) is 3.63. The molecule has 2 aromatic carbocycles. The summed E-state index contributed by atoms with van der Waals surface area (Å²) in [6, 6.07) is 13.2. The van der Waals surface area contributed by atoms with Crippen LogP contribution in [-0.4, -0.2) is 45.0 Å². The number of allylic oxidation sites excluding steroid dienone is 2. The van der Waals surface area contributed by atoms with Crippen LogP contribution in [0.1, 0.15) is 36.8 Å². The van der Waals surface area contributed by atoms with Gasteiger partial charge in [-0.25, -0.2) is 26.7 Å². The van der Waals surface area contributed by atoms with E-state index in [9.17, 15) is 18.0 Å². The van der Waals surface area contributed by atoms with Gasteiger partial charge in [-0.2, -0.15) is 0 Å². The van der Waals surface area contributed by atoms with Crippen LogP contribution in [0.15, 0.2) is 83.2 Å². The third-order valence-electron chi connectivity index (χ3n) is 8.13. The number of carbonyl (C=O) groups excluding carboxylic acids is 2. The second-order valence-corrected chi connectivity index (χ2v) is 12.5. The Labute approximate surface area is 248 Å². The number of para-hydroxylation sites is 1. The summed E-state index contributed by atoms with van der Waals surface area (Å²) in [5.74, 6) is -2.84. The molecule has 43 heavy (non-hydrogen) atoms. The molecule has 1 saturated carbocycles. The lowest BCUT2D eigenvalue weighted by Gasteiger charge is -2.40. The number of benzene rings is 2. The maximum absolute atomic E-state index is 15.5. The van der Waals surface area contributed by atoms with E-state index in [-0.39, 0.29) is 28.9 Å². The Hall–Kier alpha value is -4.19. The number of aryl methyl sites for hydroxylation is 1. The minimum Gasteiger partial charge on any atom is -0.501 e. The summed E-state index contributed by atoms with van der Waals surface area (Å²) in [6.45, 7) is 1.53. The molecule has 0 spiro atoms. The molecule has 5 rings (SSSR count). The highest BCUT2D eigenvalue weighted by molar-refractivity contribution is 7.90. The van der Waals surface area contributed by atoms with Crippen LogP contribution < -0.4 is 10.0 Å². The lowest BCUT2D eigenvalue weighted by Crippen LogP contribution is -2.54. The van der Waals surface area contributed by atoms with E-state index < -0.39 is 39.8 Å². The number of hydrogen-bond acceptors (Lipinski definition) is 6. The number of nitrogens with one attached hydrogen (secondary N) is 3. The summed E-state index contributed by atoms with van der Waals surface area (Å²) in [7, 11) is -3.28. The Bertz CT molecular complexity index is 1690. The SMILES string of the molecule is COC1=CC(NC(=O)OC2CCCC2)=CC(C(=O)NS(=O)(=O)c2ccccc2C)(C(F)F)C1Cc1c[nH]c2ccccc12. The Balaban J connectivity index is 1.58. The maximum Gasteiger partial charge on any atom is 0.411 e. The topological polar surface area (TPSA) is 127 Å². The van der Waals surface area contributed by atoms with Crippen LogP contribution in [0.2, 0.25) is 0 Å². The molecular formula is C31H33F2N3O6S. The molecule has 9 nitrogen and oxygen atoms in total. The van der Waals surface area contributed by atoms with Gasteiger partial charge in [0.1, 0.15) is 17.3 Å². The number of H-pyrrole nitrogens is 1. The number of rotatable bonds is 9. The lowest BCUT2D eigenvalue weighted by molar-refractivity contribution is -0.139. The number of carbonyl (C=O) groups is 2. The summed E-state index contributed by atoms with van der Waals surface area (Å²) >= 11 is 0. The smallest absolute Gasteiger partial charge is 0.411 e. The van der Waals surface area contributed by atoms with Crippen molar-refractivity contribution in [3.63, 3.8) is 0 Å². The van der Waals surface area contributed by atoms with E-state index in [1.165, 1.54) is 38.3 Å². The van der Waals surface area contributed by atoms with Gasteiger partial charge in [0.15, 0.2) is 0 Å². The fourth-order valence-electron chi connectivity index (χ4n) is 5.92. The standard InChI is InChI=1S/C31H33F2N3O6S/c1-19-9-3-8-14-27(19)43(39,40)36-29(37)31(28(32)33)17-21(35-30(38)42-22-10-4-5-11-22)16-26(41-2)24(31)15-20-18-34-25-13-7-6-12-23(20)25/h3,6-9,12-14,16-18,22,24,28,34H,4-5,10-11,15H2,1-2H3,(H,35,38)(H,36,37). The molecule has 228 valence electrons. The van der Waals surface area contributed by atoms with E-state index in [0.29, 0.717) is 24.0 Å². The molecular weight excluding hydrogens is 580 g/mol. The van der Waals surface area contributed by atoms with E-state index in [4.69, 9.17) is 9.47 Å². The van der Waals surface area contributed by atoms with Crippen LogP contribution in [-0.2, 0) is 30.7 Å². The third-order valence-corrected chi connectivity index (χ3v) is 9.62. The number of alkyl halides is 2. The Kier molecular flexibility index (Phi) is 8.59. The van der Waals surface area contributed by atoms with Crippen molar-refractivity contribution < 1.29 is 36.3 Å². The first-order chi connectivity index (χ1) is 20.5. The summed E-state index contributed by atoms with van der Waals surface area (Å²) in [5, 5.41) is 3.21. The Morgan fingerprint density at radius 2 is 1.79 bits per heavy atom. The van der Waals surface area contributed by atoms with Gasteiger partial charge in [-0.15, -0.1) is 0 Å². The van der Waals surface area contributed by atoms with Crippen molar-refractivity contribution >= 4 is 32.9 Å². The lowest BCUT2D eigenvalue weighted by atomic mass is 9.68. The number of sulfonamides is 1. The Morgan fingerprint density at radius 3 is 2.49 bits per heavy atom. The summed E-state index contributed by atoms with van der Waals surface area (Å²) in [5.41, 5.74) is -1.21. The van der Waals surface area contributed by atoms with Gasteiger partial charge in [-0.05, 0) is 74.4 Å². The maximum atomic E-state index is 15.5. The molecule has 3 N–H and O–H groups in total. The second kappa shape index (κ2) is 12.2. The van der Waals surface area contributed by atoms with Crippen LogP contribution in [0.25, 0.3) is 10.9 Å². The number of aromatic nitrogens is 1. The van der Waals surface area contributed by atoms with Gasteiger partial charge in [-0.1, -0.05) is 36.4 Å². The summed E-state index contributed by atoms with van der Waals surface area (Å²) in [6.07, 6.45) is 2.46. The van der Waals surface area contributed by atoms with Crippen LogP contribution >= 0.6 is 0 Å². The van der Waals surface area contributed by atoms with Gasteiger partial charge < -0.3 is 14.5 Å². The van der Waals surface area contributed by atoms with Crippen molar-refractivity contribution in [1.29, 1.82) is 0 Å². The van der Waals surface area contributed by atoms with Crippen molar-refractivity contribution in [1.82, 2.24) is 15.0 Å². The van der Waals surface area contributed by atoms with E-state index >= 15 is 8.78 Å². The normalized spacial score (nSPS) is 20.9. The second-order valence-electron chi connectivity index (χ2n) is 10.8. The predicted molar refractivity (Wildman–Crippen MR) is 155 cm³/mol. The average molecular weight is 614 g/mol. The van der Waals surface area contributed by atoms with Crippen LogP contribution in [0.3, 0.4) is 0 Å². The number of fused-ring (bicyclic) bond motifs is 1. The van der Waals surface area contributed by atoms with Gasteiger partial charge in [-0.3, -0.25) is 10.1 Å². The molecule has 2 atom stereocenters. The fourth-order valence-corrected chi connectivity index (χ4v) is 7.20. The summed E-state index contributed by atoms with van der Waals surface area (Å²) in [4.78, 5) is 29.6. The van der Waals surface area contributed by atoms with Gasteiger partial charge >= 0.3 is 6.09 Å². The number of halogens is 2. The van der Waals surface area contributed by atoms with Crippen LogP contribution in [0.4, 0.5) is 13.6 Å². The monoisotopic (exact) mass is 613 g/mol. The largest absolute Gasteiger partial charge is 0.501 e. The molecule has 2 aliphatic rings. The molecule has 2 unspecified atom stereocenters. The first-order valence-electron chi connectivity index (χ1n) is 14.0. The van der Waals surface area contributed by atoms with E-state index in [0.717, 1.165) is 29.8 Å². The number of methoxy groups -OCH3 is 1. The molecule has 1 heterocycles. The molecule has 2 amide bonds.